The van der Waals surface area contributed by atoms with Crippen LogP contribution in [0.4, 0.5) is 26.8 Å². The number of nitrogens with two attached hydrogens (primary N) is 1. The predicted octanol–water partition coefficient (Wildman–Crippen LogP) is 2.30. The molecule has 188 valence electrons. The van der Waals surface area contributed by atoms with Crippen molar-refractivity contribution < 1.29 is 23.9 Å². The average molecular weight is 477 g/mol. The lowest BCUT2D eigenvalue weighted by molar-refractivity contribution is -0.121. The summed E-state index contributed by atoms with van der Waals surface area (Å²) in [6.07, 6.45) is 0.733. The van der Waals surface area contributed by atoms with Gasteiger partial charge >= 0.3 is 12.2 Å². The van der Waals surface area contributed by atoms with Crippen LogP contribution in [-0.2, 0) is 14.3 Å². The zero-order chi connectivity index (χ0) is 25.3. The number of nitrogen functional groups attached to an aromatic ring is 1. The molecule has 2 saturated heterocycles. The van der Waals surface area contributed by atoms with E-state index in [0.717, 1.165) is 0 Å². The normalized spacial score (nSPS) is 17.6. The third-order valence-corrected chi connectivity index (χ3v) is 5.34. The fourth-order valence-electron chi connectivity index (χ4n) is 3.74. The summed E-state index contributed by atoms with van der Waals surface area (Å²) in [5.74, 6) is 0.138. The van der Waals surface area contributed by atoms with Crippen LogP contribution in [-0.4, -0.2) is 89.9 Å². The molecule has 0 saturated carbocycles. The van der Waals surface area contributed by atoms with Crippen LogP contribution < -0.4 is 15.5 Å². The Balaban J connectivity index is 1.64. The molecule has 2 aliphatic heterocycles. The fraction of sp³-hybridized carbons (Fsp3) is 0.652. The molecule has 1 aromatic rings. The maximum absolute atomic E-state index is 12.8. The Morgan fingerprint density at radius 1 is 0.882 bits per heavy atom. The molecule has 1 aromatic heterocycles. The van der Waals surface area contributed by atoms with Crippen LogP contribution in [0.2, 0.25) is 0 Å². The standard InChI is InChI=1S/C23H36N6O5/c1-22(2,3)33-20(31)27-9-7-26(8-10-27)17-13-16(14-25-19(17)24)29-12-11-28(15-18(29)30)21(32)34-23(4,5)6/h13-14H,7-12,15H2,1-6H3,(H2,24,25). The molecule has 2 aliphatic rings. The first-order chi connectivity index (χ1) is 15.7. The third kappa shape index (κ3) is 6.42. The van der Waals surface area contributed by atoms with Crippen molar-refractivity contribution >= 4 is 35.3 Å². The highest BCUT2D eigenvalue weighted by Gasteiger charge is 2.32. The number of aromatic nitrogens is 1. The Labute approximate surface area is 200 Å². The highest BCUT2D eigenvalue weighted by atomic mass is 16.6. The number of carbonyl (C=O) groups excluding carboxylic acids is 3. The third-order valence-electron chi connectivity index (χ3n) is 5.34. The van der Waals surface area contributed by atoms with Crippen molar-refractivity contribution in [1.29, 1.82) is 0 Å². The second-order valence-electron chi connectivity index (χ2n) is 10.5. The van der Waals surface area contributed by atoms with E-state index < -0.39 is 17.3 Å². The van der Waals surface area contributed by atoms with Gasteiger partial charge in [0.15, 0.2) is 0 Å². The minimum Gasteiger partial charge on any atom is -0.444 e. The number of carbonyl (C=O) groups is 3. The second-order valence-corrected chi connectivity index (χ2v) is 10.5. The van der Waals surface area contributed by atoms with E-state index >= 15 is 0 Å². The quantitative estimate of drug-likeness (QED) is 0.690. The van der Waals surface area contributed by atoms with Gasteiger partial charge in [0.05, 0.1) is 17.6 Å². The van der Waals surface area contributed by atoms with Crippen molar-refractivity contribution in [1.82, 2.24) is 14.8 Å². The summed E-state index contributed by atoms with van der Waals surface area (Å²) in [5, 5.41) is 0. The largest absolute Gasteiger partial charge is 0.444 e. The molecule has 0 aromatic carbocycles. The van der Waals surface area contributed by atoms with E-state index in [1.54, 1.807) is 36.8 Å². The first-order valence-corrected chi connectivity index (χ1v) is 11.5. The molecule has 2 N–H and O–H groups in total. The molecule has 3 rings (SSSR count). The van der Waals surface area contributed by atoms with Crippen LogP contribution in [0.15, 0.2) is 12.3 Å². The molecule has 11 nitrogen and oxygen atoms in total. The van der Waals surface area contributed by atoms with Crippen LogP contribution >= 0.6 is 0 Å². The monoisotopic (exact) mass is 476 g/mol. The molecular weight excluding hydrogens is 440 g/mol. The molecule has 0 spiro atoms. The van der Waals surface area contributed by atoms with E-state index in [9.17, 15) is 14.4 Å². The van der Waals surface area contributed by atoms with Gasteiger partial charge in [-0.3, -0.25) is 9.69 Å². The van der Waals surface area contributed by atoms with E-state index in [1.807, 2.05) is 31.7 Å². The van der Waals surface area contributed by atoms with Crippen LogP contribution in [0, 0.1) is 0 Å². The van der Waals surface area contributed by atoms with Gasteiger partial charge < -0.3 is 29.9 Å². The summed E-state index contributed by atoms with van der Waals surface area (Å²) >= 11 is 0. The van der Waals surface area contributed by atoms with E-state index in [2.05, 4.69) is 4.98 Å². The van der Waals surface area contributed by atoms with Crippen LogP contribution in [0.1, 0.15) is 41.5 Å². The Morgan fingerprint density at radius 2 is 1.41 bits per heavy atom. The van der Waals surface area contributed by atoms with Crippen LogP contribution in [0.5, 0.6) is 0 Å². The molecule has 0 bridgehead atoms. The molecule has 3 amide bonds. The van der Waals surface area contributed by atoms with Crippen molar-refractivity contribution in [2.75, 3.05) is 61.3 Å². The Kier molecular flexibility index (Phi) is 7.13. The van der Waals surface area contributed by atoms with E-state index in [-0.39, 0.29) is 18.5 Å². The first-order valence-electron chi connectivity index (χ1n) is 11.5. The lowest BCUT2D eigenvalue weighted by atomic mass is 10.2. The van der Waals surface area contributed by atoms with Gasteiger partial charge in [0.25, 0.3) is 0 Å². The van der Waals surface area contributed by atoms with Gasteiger partial charge in [-0.15, -0.1) is 0 Å². The van der Waals surface area contributed by atoms with Gasteiger partial charge in [0.2, 0.25) is 5.91 Å². The van der Waals surface area contributed by atoms with Crippen molar-refractivity contribution in [2.24, 2.45) is 0 Å². The van der Waals surface area contributed by atoms with Crippen molar-refractivity contribution in [2.45, 2.75) is 52.7 Å². The Bertz CT molecular complexity index is 931. The summed E-state index contributed by atoms with van der Waals surface area (Å²) in [5.41, 5.74) is 6.31. The minimum atomic E-state index is -0.624. The number of pyridine rings is 1. The van der Waals surface area contributed by atoms with E-state index in [0.29, 0.717) is 56.5 Å². The number of hydrogen-bond donors (Lipinski definition) is 1. The van der Waals surface area contributed by atoms with Crippen LogP contribution in [0.25, 0.3) is 0 Å². The maximum atomic E-state index is 12.8. The topological polar surface area (TPSA) is 122 Å². The van der Waals surface area contributed by atoms with E-state index in [1.165, 1.54) is 4.90 Å². The zero-order valence-corrected chi connectivity index (χ0v) is 21.0. The Morgan fingerprint density at radius 3 is 1.94 bits per heavy atom. The molecule has 0 aliphatic carbocycles. The lowest BCUT2D eigenvalue weighted by Gasteiger charge is -2.38. The number of nitrogens with zero attached hydrogens (tertiary/aromatic N) is 5. The molecule has 3 heterocycles. The number of hydrogen-bond acceptors (Lipinski definition) is 8. The molecule has 34 heavy (non-hydrogen) atoms. The van der Waals surface area contributed by atoms with Crippen molar-refractivity contribution in [3.8, 4) is 0 Å². The number of ether oxygens (including phenoxy) is 2. The molecule has 2 fully saturated rings. The average Bonchev–Trinajstić information content (AvgIpc) is 2.72. The summed E-state index contributed by atoms with van der Waals surface area (Å²) in [4.78, 5) is 48.5. The van der Waals surface area contributed by atoms with Gasteiger partial charge in [-0.25, -0.2) is 14.6 Å². The van der Waals surface area contributed by atoms with E-state index in [4.69, 9.17) is 15.2 Å². The van der Waals surface area contributed by atoms with Gasteiger partial charge in [0.1, 0.15) is 23.6 Å². The number of rotatable bonds is 2. The Hall–Kier alpha value is -3.24. The first kappa shape index (κ1) is 25.4. The van der Waals surface area contributed by atoms with Gasteiger partial charge in [-0.05, 0) is 47.6 Å². The maximum Gasteiger partial charge on any atom is 0.410 e. The predicted molar refractivity (Wildman–Crippen MR) is 129 cm³/mol. The van der Waals surface area contributed by atoms with Crippen LogP contribution in [0.3, 0.4) is 0 Å². The highest BCUT2D eigenvalue weighted by Crippen LogP contribution is 2.29. The number of anilines is 3. The molecule has 0 unspecified atom stereocenters. The summed E-state index contributed by atoms with van der Waals surface area (Å²) in [6.45, 7) is 13.6. The summed E-state index contributed by atoms with van der Waals surface area (Å²) < 4.78 is 10.8. The van der Waals surface area contributed by atoms with Gasteiger partial charge in [-0.2, -0.15) is 0 Å². The molecule has 0 radical (unpaired) electrons. The second kappa shape index (κ2) is 9.55. The summed E-state index contributed by atoms with van der Waals surface area (Å²) in [7, 11) is 0. The molecule has 0 atom stereocenters. The number of amides is 3. The van der Waals surface area contributed by atoms with Crippen molar-refractivity contribution in [3.05, 3.63) is 12.3 Å². The lowest BCUT2D eigenvalue weighted by Crippen LogP contribution is -2.53. The molecular formula is C23H36N6O5. The summed E-state index contributed by atoms with van der Waals surface area (Å²) in [6, 6.07) is 1.84. The number of piperazine rings is 2. The van der Waals surface area contributed by atoms with Gasteiger partial charge in [-0.1, -0.05) is 0 Å². The fourth-order valence-corrected chi connectivity index (χ4v) is 3.74. The molecule has 11 heteroatoms. The zero-order valence-electron chi connectivity index (χ0n) is 21.0. The minimum absolute atomic E-state index is 0.0663. The highest BCUT2D eigenvalue weighted by molar-refractivity contribution is 5.97. The van der Waals surface area contributed by atoms with Gasteiger partial charge in [0, 0.05) is 39.3 Å². The SMILES string of the molecule is CC(C)(C)OC(=O)N1CCN(c2cc(N3CCN(C(=O)OC(C)(C)C)CC3=O)cnc2N)CC1. The smallest absolute Gasteiger partial charge is 0.410 e. The van der Waals surface area contributed by atoms with Crippen molar-refractivity contribution in [3.63, 3.8) is 0 Å².